The molecule has 1 heterocycles. The molecule has 0 bridgehead atoms. The summed E-state index contributed by atoms with van der Waals surface area (Å²) in [5, 5.41) is 0. The van der Waals surface area contributed by atoms with Crippen molar-refractivity contribution in [3.63, 3.8) is 0 Å². The molecule has 10 heteroatoms. The lowest BCUT2D eigenvalue weighted by Gasteiger charge is -2.45. The maximum Gasteiger partial charge on any atom is 0.326 e. The molecular formula is C18H46N2O4Si4. The molecule has 0 radical (unpaired) electrons. The molecule has 4 unspecified atom stereocenters. The summed E-state index contributed by atoms with van der Waals surface area (Å²) in [7, 11) is -8.92. The highest BCUT2D eigenvalue weighted by atomic mass is 28.5. The van der Waals surface area contributed by atoms with Crippen LogP contribution in [0, 0.1) is 0 Å². The van der Waals surface area contributed by atoms with Crippen LogP contribution in [0.2, 0.25) is 56.4 Å². The predicted octanol–water partition coefficient (Wildman–Crippen LogP) is 4.38. The minimum Gasteiger partial charge on any atom is -0.436 e. The van der Waals surface area contributed by atoms with Gasteiger partial charge in [-0.1, -0.05) is 20.3 Å². The Balaban J connectivity index is 3.18. The van der Waals surface area contributed by atoms with Crippen LogP contribution >= 0.6 is 0 Å². The van der Waals surface area contributed by atoms with Crippen molar-refractivity contribution >= 4 is 34.0 Å². The normalized spacial score (nSPS) is 38.6. The van der Waals surface area contributed by atoms with Gasteiger partial charge in [0.1, 0.15) is 0 Å². The van der Waals surface area contributed by atoms with Crippen LogP contribution in [0.1, 0.15) is 39.5 Å². The van der Waals surface area contributed by atoms with Gasteiger partial charge in [-0.05, 0) is 88.8 Å². The van der Waals surface area contributed by atoms with Crippen LogP contribution in [-0.4, -0.2) is 53.7 Å². The van der Waals surface area contributed by atoms with Crippen molar-refractivity contribution in [3.05, 3.63) is 0 Å². The summed E-state index contributed by atoms with van der Waals surface area (Å²) in [6.07, 6.45) is 4.12. The summed E-state index contributed by atoms with van der Waals surface area (Å²) in [5.74, 6) is 0. The first-order valence-corrected chi connectivity index (χ1v) is 21.6. The molecule has 0 saturated carbocycles. The first-order valence-electron chi connectivity index (χ1n) is 11.2. The van der Waals surface area contributed by atoms with E-state index in [-0.39, 0.29) is 0 Å². The zero-order valence-corrected chi connectivity index (χ0v) is 23.3. The highest BCUT2D eigenvalue weighted by Gasteiger charge is 2.49. The fourth-order valence-electron chi connectivity index (χ4n) is 3.91. The molecular weight excluding hydrogens is 421 g/mol. The molecule has 0 spiro atoms. The van der Waals surface area contributed by atoms with E-state index in [1.807, 2.05) is 0 Å². The van der Waals surface area contributed by atoms with Gasteiger partial charge in [0.25, 0.3) is 0 Å². The number of rotatable bonds is 8. The second kappa shape index (κ2) is 11.9. The minimum atomic E-state index is -2.42. The van der Waals surface area contributed by atoms with Crippen molar-refractivity contribution in [1.29, 1.82) is 0 Å². The van der Waals surface area contributed by atoms with Crippen molar-refractivity contribution in [2.24, 2.45) is 11.5 Å². The average molecular weight is 467 g/mol. The van der Waals surface area contributed by atoms with Gasteiger partial charge >= 0.3 is 25.7 Å². The Hall–Kier alpha value is 0.628. The molecule has 0 aromatic carbocycles. The molecule has 6 nitrogen and oxygen atoms in total. The minimum absolute atomic E-state index is 0.674. The summed E-state index contributed by atoms with van der Waals surface area (Å²) in [5.41, 5.74) is 11.6. The van der Waals surface area contributed by atoms with Crippen molar-refractivity contribution in [2.75, 3.05) is 19.7 Å². The lowest BCUT2D eigenvalue weighted by Crippen LogP contribution is -2.60. The second-order valence-electron chi connectivity index (χ2n) is 8.95. The lowest BCUT2D eigenvalue weighted by atomic mass is 10.4. The molecule has 0 aromatic rings. The van der Waals surface area contributed by atoms with Crippen LogP contribution < -0.4 is 11.5 Å². The zero-order valence-electron chi connectivity index (χ0n) is 19.3. The van der Waals surface area contributed by atoms with E-state index in [1.165, 1.54) is 6.04 Å². The van der Waals surface area contributed by atoms with Gasteiger partial charge in [0.05, 0.1) is 0 Å². The number of hydrogen-bond donors (Lipinski definition) is 2. The van der Waals surface area contributed by atoms with Gasteiger partial charge in [-0.3, -0.25) is 0 Å². The van der Waals surface area contributed by atoms with Crippen LogP contribution in [0.25, 0.3) is 0 Å². The molecule has 1 rings (SSSR count). The largest absolute Gasteiger partial charge is 0.436 e. The molecule has 168 valence electrons. The summed E-state index contributed by atoms with van der Waals surface area (Å²) < 4.78 is 27.2. The Labute approximate surface area is 177 Å². The monoisotopic (exact) mass is 466 g/mol. The molecule has 0 aromatic heterocycles. The van der Waals surface area contributed by atoms with Gasteiger partial charge in [-0.25, -0.2) is 0 Å². The highest BCUT2D eigenvalue weighted by molar-refractivity contribution is 6.89. The summed E-state index contributed by atoms with van der Waals surface area (Å²) in [6.45, 7) is 15.6. The van der Waals surface area contributed by atoms with Crippen molar-refractivity contribution in [3.8, 4) is 0 Å². The van der Waals surface area contributed by atoms with Crippen LogP contribution in [-0.2, 0) is 16.8 Å². The molecule has 28 heavy (non-hydrogen) atoms. The second-order valence-corrected chi connectivity index (χ2v) is 24.3. The van der Waals surface area contributed by atoms with Crippen LogP contribution in [0.5, 0.6) is 0 Å². The Morgan fingerprint density at radius 2 is 1.29 bits per heavy atom. The van der Waals surface area contributed by atoms with Crippen molar-refractivity contribution in [1.82, 2.24) is 0 Å². The standard InChI is InChI=1S/C18H46N2O4Si4/c1-7-25(3)16-10-9-15-21-27(5,17-11-13-19)23-26(4,8-2)24-28(6,22-25)18-12-14-20/h7-20H2,1-6H3. The van der Waals surface area contributed by atoms with Gasteiger partial charge < -0.3 is 28.2 Å². The van der Waals surface area contributed by atoms with Gasteiger partial charge in [0, 0.05) is 6.61 Å². The Bertz CT molecular complexity index is 467. The SMILES string of the molecule is CC[Si]1(C)CCCCO[Si](C)(CCCN)O[Si](C)(CC)O[Si](C)(CCCN)O1. The van der Waals surface area contributed by atoms with E-state index in [0.717, 1.165) is 56.5 Å². The van der Waals surface area contributed by atoms with Crippen LogP contribution in [0.15, 0.2) is 0 Å². The Kier molecular flexibility index (Phi) is 11.3. The highest BCUT2D eigenvalue weighted by Crippen LogP contribution is 2.34. The molecule has 1 aliphatic rings. The smallest absolute Gasteiger partial charge is 0.326 e. The average Bonchev–Trinajstić information content (AvgIpc) is 2.63. The number of hydrogen-bond acceptors (Lipinski definition) is 6. The molecule has 0 amide bonds. The molecule has 4 N–H and O–H groups in total. The lowest BCUT2D eigenvalue weighted by molar-refractivity contribution is 0.208. The third-order valence-electron chi connectivity index (χ3n) is 5.89. The van der Waals surface area contributed by atoms with Crippen molar-refractivity contribution < 1.29 is 16.8 Å². The van der Waals surface area contributed by atoms with E-state index >= 15 is 0 Å². The zero-order chi connectivity index (χ0) is 21.3. The van der Waals surface area contributed by atoms with E-state index in [9.17, 15) is 0 Å². The van der Waals surface area contributed by atoms with E-state index in [1.54, 1.807) is 0 Å². The van der Waals surface area contributed by atoms with E-state index in [4.69, 9.17) is 28.2 Å². The molecule has 1 saturated heterocycles. The molecule has 0 aliphatic carbocycles. The van der Waals surface area contributed by atoms with E-state index in [0.29, 0.717) is 13.1 Å². The van der Waals surface area contributed by atoms with E-state index in [2.05, 4.69) is 40.0 Å². The fourth-order valence-corrected chi connectivity index (χ4v) is 23.8. The summed E-state index contributed by atoms with van der Waals surface area (Å²) >= 11 is 0. The van der Waals surface area contributed by atoms with Gasteiger partial charge in [0.15, 0.2) is 8.32 Å². The first kappa shape index (κ1) is 26.7. The third-order valence-corrected chi connectivity index (χ3v) is 24.0. The van der Waals surface area contributed by atoms with E-state index < -0.39 is 34.0 Å². The Morgan fingerprint density at radius 3 is 1.82 bits per heavy atom. The van der Waals surface area contributed by atoms with Crippen LogP contribution in [0.4, 0.5) is 0 Å². The fraction of sp³-hybridized carbons (Fsp3) is 1.00. The van der Waals surface area contributed by atoms with Gasteiger partial charge in [-0.15, -0.1) is 0 Å². The Morgan fingerprint density at radius 1 is 0.714 bits per heavy atom. The predicted molar refractivity (Wildman–Crippen MR) is 128 cm³/mol. The maximum absolute atomic E-state index is 7.01. The van der Waals surface area contributed by atoms with Gasteiger partial charge in [-0.2, -0.15) is 0 Å². The number of nitrogens with two attached hydrogens (primary N) is 2. The maximum atomic E-state index is 7.01. The summed E-state index contributed by atoms with van der Waals surface area (Å²) in [4.78, 5) is 0. The van der Waals surface area contributed by atoms with Gasteiger partial charge in [0.2, 0.25) is 0 Å². The van der Waals surface area contributed by atoms with Crippen molar-refractivity contribution in [2.45, 2.75) is 95.9 Å². The summed E-state index contributed by atoms with van der Waals surface area (Å²) in [6, 6.07) is 5.07. The topological polar surface area (TPSA) is 89.0 Å². The first-order chi connectivity index (χ1) is 13.1. The third kappa shape index (κ3) is 8.78. The molecule has 1 aliphatic heterocycles. The molecule has 1 fully saturated rings. The van der Waals surface area contributed by atoms with Crippen LogP contribution in [0.3, 0.4) is 0 Å². The quantitative estimate of drug-likeness (QED) is 0.516. The molecule has 4 atom stereocenters.